The second kappa shape index (κ2) is 6.52. The number of rotatable bonds is 5. The summed E-state index contributed by atoms with van der Waals surface area (Å²) >= 11 is 0. The summed E-state index contributed by atoms with van der Waals surface area (Å²) in [6.45, 7) is 0.225. The largest absolute Gasteiger partial charge is 0.454 e. The van der Waals surface area contributed by atoms with Crippen molar-refractivity contribution in [1.29, 1.82) is 0 Å². The van der Waals surface area contributed by atoms with Crippen molar-refractivity contribution in [2.75, 3.05) is 18.4 Å². The van der Waals surface area contributed by atoms with Gasteiger partial charge in [-0.3, -0.25) is 4.79 Å². The third-order valence-electron chi connectivity index (χ3n) is 3.64. The van der Waals surface area contributed by atoms with Gasteiger partial charge in [0.15, 0.2) is 21.3 Å². The van der Waals surface area contributed by atoms with E-state index in [-0.39, 0.29) is 17.6 Å². The number of benzene rings is 2. The minimum Gasteiger partial charge on any atom is -0.454 e. The van der Waals surface area contributed by atoms with Crippen molar-refractivity contribution in [3.63, 3.8) is 0 Å². The maximum atomic E-state index is 12.0. The molecular weight excluding hydrogens is 330 g/mol. The van der Waals surface area contributed by atoms with Crippen LogP contribution in [0, 0.1) is 0 Å². The first-order valence-electron chi connectivity index (χ1n) is 7.40. The molecule has 0 radical (unpaired) electrons. The van der Waals surface area contributed by atoms with E-state index in [0.29, 0.717) is 30.0 Å². The Morgan fingerprint density at radius 1 is 1.08 bits per heavy atom. The van der Waals surface area contributed by atoms with Gasteiger partial charge in [-0.1, -0.05) is 6.07 Å². The maximum Gasteiger partial charge on any atom is 0.231 e. The Kier molecular flexibility index (Phi) is 4.44. The van der Waals surface area contributed by atoms with Crippen LogP contribution in [0.5, 0.6) is 11.5 Å². The first-order valence-corrected chi connectivity index (χ1v) is 9.29. The molecule has 1 N–H and O–H groups in total. The molecule has 1 heterocycles. The van der Waals surface area contributed by atoms with Crippen molar-refractivity contribution >= 4 is 21.4 Å². The average Bonchev–Trinajstić information content (AvgIpc) is 3.00. The van der Waals surface area contributed by atoms with E-state index in [1.165, 1.54) is 12.1 Å². The molecule has 0 spiro atoms. The normalized spacial score (nSPS) is 12.9. The van der Waals surface area contributed by atoms with Gasteiger partial charge in [-0.15, -0.1) is 0 Å². The molecule has 3 rings (SSSR count). The lowest BCUT2D eigenvalue weighted by molar-refractivity contribution is -0.116. The van der Waals surface area contributed by atoms with E-state index < -0.39 is 9.84 Å². The van der Waals surface area contributed by atoms with Gasteiger partial charge in [0.05, 0.1) is 4.90 Å². The quantitative estimate of drug-likeness (QED) is 0.898. The van der Waals surface area contributed by atoms with Gasteiger partial charge < -0.3 is 14.8 Å². The van der Waals surface area contributed by atoms with Crippen molar-refractivity contribution < 1.29 is 22.7 Å². The molecule has 6 nitrogen and oxygen atoms in total. The summed E-state index contributed by atoms with van der Waals surface area (Å²) in [7, 11) is -3.23. The monoisotopic (exact) mass is 347 g/mol. The van der Waals surface area contributed by atoms with Crippen LogP contribution >= 0.6 is 0 Å². The van der Waals surface area contributed by atoms with Crippen molar-refractivity contribution in [3.05, 3.63) is 48.0 Å². The zero-order valence-corrected chi connectivity index (χ0v) is 13.9. The molecule has 1 amide bonds. The van der Waals surface area contributed by atoms with Crippen molar-refractivity contribution in [2.45, 2.75) is 17.7 Å². The number of hydrogen-bond acceptors (Lipinski definition) is 5. The number of amides is 1. The van der Waals surface area contributed by atoms with Crippen molar-refractivity contribution in [1.82, 2.24) is 0 Å². The molecule has 0 saturated heterocycles. The van der Waals surface area contributed by atoms with Crippen LogP contribution in [0.25, 0.3) is 0 Å². The lowest BCUT2D eigenvalue weighted by Crippen LogP contribution is -2.12. The fourth-order valence-electron chi connectivity index (χ4n) is 2.36. The Labute approximate surface area is 140 Å². The molecule has 24 heavy (non-hydrogen) atoms. The van der Waals surface area contributed by atoms with Crippen LogP contribution in [0.15, 0.2) is 47.4 Å². The lowest BCUT2D eigenvalue weighted by Gasteiger charge is -2.07. The van der Waals surface area contributed by atoms with Gasteiger partial charge >= 0.3 is 0 Å². The standard InChI is InChI=1S/C17H17NO5S/c1-24(20,21)14-6-4-13(5-7-14)18-17(19)9-3-12-2-8-15-16(10-12)23-11-22-15/h2,4-8,10H,3,9,11H2,1H3,(H,18,19). The summed E-state index contributed by atoms with van der Waals surface area (Å²) in [6, 6.07) is 11.7. The van der Waals surface area contributed by atoms with Gasteiger partial charge in [0, 0.05) is 18.4 Å². The smallest absolute Gasteiger partial charge is 0.231 e. The van der Waals surface area contributed by atoms with E-state index in [1.807, 2.05) is 18.2 Å². The second-order valence-electron chi connectivity index (χ2n) is 5.53. The van der Waals surface area contributed by atoms with E-state index in [9.17, 15) is 13.2 Å². The molecule has 2 aromatic rings. The number of carbonyl (C=O) groups is 1. The number of ether oxygens (including phenoxy) is 2. The molecule has 1 aliphatic rings. The molecule has 0 atom stereocenters. The fourth-order valence-corrected chi connectivity index (χ4v) is 2.99. The molecule has 0 fully saturated rings. The van der Waals surface area contributed by atoms with Crippen LogP contribution in [0.2, 0.25) is 0 Å². The Morgan fingerprint density at radius 2 is 1.79 bits per heavy atom. The first-order chi connectivity index (χ1) is 11.4. The molecular formula is C17H17NO5S. The third kappa shape index (κ3) is 3.86. The number of sulfone groups is 1. The maximum absolute atomic E-state index is 12.0. The van der Waals surface area contributed by atoms with Crippen LogP contribution < -0.4 is 14.8 Å². The fraction of sp³-hybridized carbons (Fsp3) is 0.235. The molecule has 0 bridgehead atoms. The highest BCUT2D eigenvalue weighted by Gasteiger charge is 2.14. The molecule has 0 saturated carbocycles. The summed E-state index contributed by atoms with van der Waals surface area (Å²) in [6.07, 6.45) is 2.03. The van der Waals surface area contributed by atoms with Crippen LogP contribution in [0.4, 0.5) is 5.69 Å². The summed E-state index contributed by atoms with van der Waals surface area (Å²) in [5.41, 5.74) is 1.56. The van der Waals surface area contributed by atoms with Crippen LogP contribution in [0.3, 0.4) is 0 Å². The molecule has 126 valence electrons. The van der Waals surface area contributed by atoms with E-state index in [4.69, 9.17) is 9.47 Å². The number of hydrogen-bond donors (Lipinski definition) is 1. The summed E-state index contributed by atoms with van der Waals surface area (Å²) in [5, 5.41) is 2.75. The number of carbonyl (C=O) groups excluding carboxylic acids is 1. The van der Waals surface area contributed by atoms with Gasteiger partial charge in [-0.05, 0) is 48.4 Å². The number of aryl methyl sites for hydroxylation is 1. The summed E-state index contributed by atoms with van der Waals surface area (Å²) < 4.78 is 33.4. The topological polar surface area (TPSA) is 81.7 Å². The Hall–Kier alpha value is -2.54. The van der Waals surface area contributed by atoms with E-state index in [0.717, 1.165) is 11.8 Å². The zero-order chi connectivity index (χ0) is 17.2. The molecule has 0 aromatic heterocycles. The highest BCUT2D eigenvalue weighted by Crippen LogP contribution is 2.32. The second-order valence-corrected chi connectivity index (χ2v) is 7.55. The molecule has 2 aromatic carbocycles. The Balaban J connectivity index is 1.56. The first kappa shape index (κ1) is 16.3. The number of nitrogens with one attached hydrogen (secondary N) is 1. The van der Waals surface area contributed by atoms with E-state index in [1.54, 1.807) is 12.1 Å². The highest BCUT2D eigenvalue weighted by atomic mass is 32.2. The van der Waals surface area contributed by atoms with Crippen molar-refractivity contribution in [2.24, 2.45) is 0 Å². The SMILES string of the molecule is CS(=O)(=O)c1ccc(NC(=O)CCc2ccc3c(c2)OCO3)cc1. The summed E-state index contributed by atoms with van der Waals surface area (Å²) in [4.78, 5) is 12.2. The van der Waals surface area contributed by atoms with Crippen LogP contribution in [0.1, 0.15) is 12.0 Å². The van der Waals surface area contributed by atoms with Gasteiger partial charge in [-0.2, -0.15) is 0 Å². The number of fused-ring (bicyclic) bond motifs is 1. The predicted octanol–water partition coefficient (Wildman–Crippen LogP) is 2.39. The minimum absolute atomic E-state index is 0.139. The predicted molar refractivity (Wildman–Crippen MR) is 89.1 cm³/mol. The Morgan fingerprint density at radius 3 is 2.50 bits per heavy atom. The molecule has 1 aliphatic heterocycles. The van der Waals surface area contributed by atoms with Gasteiger partial charge in [0.1, 0.15) is 0 Å². The average molecular weight is 347 g/mol. The lowest BCUT2D eigenvalue weighted by atomic mass is 10.1. The van der Waals surface area contributed by atoms with E-state index >= 15 is 0 Å². The van der Waals surface area contributed by atoms with Gasteiger partial charge in [0.25, 0.3) is 0 Å². The van der Waals surface area contributed by atoms with Gasteiger partial charge in [-0.25, -0.2) is 8.42 Å². The van der Waals surface area contributed by atoms with E-state index in [2.05, 4.69) is 5.32 Å². The van der Waals surface area contributed by atoms with Gasteiger partial charge in [0.2, 0.25) is 12.7 Å². The molecule has 0 unspecified atom stereocenters. The van der Waals surface area contributed by atoms with Crippen molar-refractivity contribution in [3.8, 4) is 11.5 Å². The molecule has 7 heteroatoms. The number of anilines is 1. The highest BCUT2D eigenvalue weighted by molar-refractivity contribution is 7.90. The third-order valence-corrected chi connectivity index (χ3v) is 4.77. The minimum atomic E-state index is -3.23. The zero-order valence-electron chi connectivity index (χ0n) is 13.1. The summed E-state index contributed by atoms with van der Waals surface area (Å²) in [5.74, 6) is 1.28. The Bertz CT molecular complexity index is 859. The van der Waals surface area contributed by atoms with Crippen LogP contribution in [-0.4, -0.2) is 27.4 Å². The van der Waals surface area contributed by atoms with Crippen LogP contribution in [-0.2, 0) is 21.1 Å². The molecule has 0 aliphatic carbocycles.